The second-order valence-electron chi connectivity index (χ2n) is 13.5. The summed E-state index contributed by atoms with van der Waals surface area (Å²) in [6.45, 7) is 8.62. The molecule has 1 aliphatic heterocycles. The number of pyridine rings is 1. The van der Waals surface area contributed by atoms with Crippen LogP contribution in [0.4, 0.5) is 39.5 Å². The number of carboxylic acids is 1. The van der Waals surface area contributed by atoms with Crippen molar-refractivity contribution in [3.05, 3.63) is 91.1 Å². The smallest absolute Gasteiger partial charge is 0.419 e. The Hall–Kier alpha value is -4.34. The number of hydrogen-bond donors (Lipinski definition) is 2. The molecular formula is C36H38F9N3O4. The van der Waals surface area contributed by atoms with Crippen molar-refractivity contribution in [2.24, 2.45) is 5.92 Å². The van der Waals surface area contributed by atoms with Crippen LogP contribution in [-0.4, -0.2) is 46.1 Å². The third-order valence-electron chi connectivity index (χ3n) is 9.33. The fourth-order valence-electron chi connectivity index (χ4n) is 6.44. The van der Waals surface area contributed by atoms with Gasteiger partial charge >= 0.3 is 18.3 Å². The number of benzene rings is 2. The number of aryl methyl sites for hydroxylation is 1. The number of carboxylic acid groups (broad SMARTS) is 1. The zero-order valence-corrected chi connectivity index (χ0v) is 29.0. The number of halogens is 9. The van der Waals surface area contributed by atoms with Gasteiger partial charge in [-0.15, -0.1) is 0 Å². The van der Waals surface area contributed by atoms with E-state index >= 15 is 8.78 Å². The molecular weight excluding hydrogens is 709 g/mol. The zero-order chi connectivity index (χ0) is 39.0. The number of rotatable bonds is 12. The lowest BCUT2D eigenvalue weighted by atomic mass is 9.87. The molecule has 2 atom stereocenters. The predicted molar refractivity (Wildman–Crippen MR) is 173 cm³/mol. The molecule has 1 aliphatic rings. The van der Waals surface area contributed by atoms with E-state index in [2.05, 4.69) is 5.32 Å². The normalized spacial score (nSPS) is 15.1. The molecule has 2 heterocycles. The summed E-state index contributed by atoms with van der Waals surface area (Å²) < 4.78 is 132. The minimum absolute atomic E-state index is 0.0180. The van der Waals surface area contributed by atoms with Crippen LogP contribution in [0.5, 0.6) is 0 Å². The van der Waals surface area contributed by atoms with Gasteiger partial charge in [0, 0.05) is 29.9 Å². The molecule has 16 heteroatoms. The topological polar surface area (TPSA) is 91.6 Å². The largest absolute Gasteiger partial charge is 0.481 e. The Kier molecular flexibility index (Phi) is 11.9. The molecule has 52 heavy (non-hydrogen) atoms. The summed E-state index contributed by atoms with van der Waals surface area (Å²) in [7, 11) is 0. The van der Waals surface area contributed by atoms with Crippen LogP contribution in [0.25, 0.3) is 11.1 Å². The van der Waals surface area contributed by atoms with E-state index in [-0.39, 0.29) is 53.3 Å². The lowest BCUT2D eigenvalue weighted by molar-refractivity contribution is -0.140. The van der Waals surface area contributed by atoms with Gasteiger partial charge in [0.25, 0.3) is 5.56 Å². The molecule has 2 aromatic carbocycles. The SMILES string of the molecule is Cc1cc(F)c(C)c(C)c1-c1cc(C(F)(F)F)c(F)c([C@H](CC(=O)O)NC(=O)[C@H](CC(C)C)n2cc(CCN3CCC3)c(C(F)(F)F)cc2=O)c1F. The Balaban J connectivity index is 1.90. The van der Waals surface area contributed by atoms with Crippen molar-refractivity contribution >= 4 is 11.9 Å². The first-order valence-electron chi connectivity index (χ1n) is 16.4. The highest BCUT2D eigenvalue weighted by Gasteiger charge is 2.41. The predicted octanol–water partition coefficient (Wildman–Crippen LogP) is 8.06. The molecule has 284 valence electrons. The fourth-order valence-corrected chi connectivity index (χ4v) is 6.44. The summed E-state index contributed by atoms with van der Waals surface area (Å²) >= 11 is 0. The Morgan fingerprint density at radius 2 is 1.52 bits per heavy atom. The van der Waals surface area contributed by atoms with Crippen LogP contribution in [0, 0.1) is 44.1 Å². The number of hydrogen-bond acceptors (Lipinski definition) is 4. The van der Waals surface area contributed by atoms with Crippen molar-refractivity contribution in [2.45, 2.75) is 84.7 Å². The van der Waals surface area contributed by atoms with Gasteiger partial charge in [0.2, 0.25) is 5.91 Å². The summed E-state index contributed by atoms with van der Waals surface area (Å²) in [5.74, 6) is -8.11. The Morgan fingerprint density at radius 1 is 0.904 bits per heavy atom. The number of carbonyl (C=O) groups is 2. The Morgan fingerprint density at radius 3 is 2.04 bits per heavy atom. The standard InChI is InChI=1S/C36H38F9N3O4/c1-17(2)11-27(48-16-21(7-10-47-8-6-9-47)23(14-28(48)49)35(40,41)42)34(52)46-26(15-29(50)51)31-32(38)22(13-24(33(31)39)36(43,44)45)30-18(3)12-25(37)19(4)20(30)5/h12-14,16-17,26-27H,6-11,15H2,1-5H3,(H,46,52)(H,50,51)/t26-,27-/m0/s1. The third kappa shape index (κ3) is 8.64. The molecule has 0 radical (unpaired) electrons. The molecule has 0 saturated carbocycles. The van der Waals surface area contributed by atoms with Gasteiger partial charge < -0.3 is 19.9 Å². The maximum absolute atomic E-state index is 16.5. The second-order valence-corrected chi connectivity index (χ2v) is 13.5. The van der Waals surface area contributed by atoms with Crippen molar-refractivity contribution in [2.75, 3.05) is 19.6 Å². The van der Waals surface area contributed by atoms with Crippen LogP contribution in [0.3, 0.4) is 0 Å². The van der Waals surface area contributed by atoms with Gasteiger partial charge in [-0.2, -0.15) is 26.3 Å². The molecule has 0 spiro atoms. The maximum Gasteiger partial charge on any atom is 0.419 e. The third-order valence-corrected chi connectivity index (χ3v) is 9.33. The molecule has 1 amide bonds. The van der Waals surface area contributed by atoms with Crippen LogP contribution in [0.1, 0.15) is 84.1 Å². The van der Waals surface area contributed by atoms with Crippen LogP contribution < -0.4 is 10.9 Å². The zero-order valence-electron chi connectivity index (χ0n) is 29.0. The molecule has 2 N–H and O–H groups in total. The minimum atomic E-state index is -5.45. The van der Waals surface area contributed by atoms with Gasteiger partial charge in [-0.1, -0.05) is 13.8 Å². The van der Waals surface area contributed by atoms with Crippen LogP contribution in [0.15, 0.2) is 29.2 Å². The number of amides is 1. The van der Waals surface area contributed by atoms with Crippen molar-refractivity contribution in [3.8, 4) is 11.1 Å². The van der Waals surface area contributed by atoms with Gasteiger partial charge in [-0.3, -0.25) is 14.4 Å². The molecule has 7 nitrogen and oxygen atoms in total. The van der Waals surface area contributed by atoms with E-state index in [0.717, 1.165) is 18.7 Å². The maximum atomic E-state index is 16.5. The fraction of sp³-hybridized carbons (Fsp3) is 0.472. The van der Waals surface area contributed by atoms with Crippen LogP contribution in [0.2, 0.25) is 0 Å². The monoisotopic (exact) mass is 747 g/mol. The van der Waals surface area contributed by atoms with Crippen molar-refractivity contribution in [3.63, 3.8) is 0 Å². The minimum Gasteiger partial charge on any atom is -0.481 e. The lowest BCUT2D eigenvalue weighted by Gasteiger charge is -2.31. The Bertz CT molecular complexity index is 1910. The van der Waals surface area contributed by atoms with E-state index in [1.807, 2.05) is 4.90 Å². The quantitative estimate of drug-likeness (QED) is 0.183. The molecule has 0 bridgehead atoms. The number of alkyl halides is 6. The average Bonchev–Trinajstić information content (AvgIpc) is 2.98. The van der Waals surface area contributed by atoms with E-state index in [0.29, 0.717) is 23.7 Å². The van der Waals surface area contributed by atoms with E-state index in [1.54, 1.807) is 13.8 Å². The highest BCUT2D eigenvalue weighted by Crippen LogP contribution is 2.43. The summed E-state index contributed by atoms with van der Waals surface area (Å²) in [5.41, 5.74) is -7.35. The van der Waals surface area contributed by atoms with E-state index in [9.17, 15) is 50.2 Å². The molecule has 4 rings (SSSR count). The van der Waals surface area contributed by atoms with Gasteiger partial charge in [0.1, 0.15) is 23.5 Å². The molecule has 0 aliphatic carbocycles. The van der Waals surface area contributed by atoms with Gasteiger partial charge in [0.15, 0.2) is 0 Å². The molecule has 3 aromatic rings. The average molecular weight is 748 g/mol. The highest BCUT2D eigenvalue weighted by atomic mass is 19.4. The van der Waals surface area contributed by atoms with Gasteiger partial charge in [0.05, 0.1) is 23.6 Å². The van der Waals surface area contributed by atoms with E-state index in [4.69, 9.17) is 0 Å². The van der Waals surface area contributed by atoms with Crippen LogP contribution >= 0.6 is 0 Å². The summed E-state index contributed by atoms with van der Waals surface area (Å²) in [5, 5.41) is 11.8. The highest BCUT2D eigenvalue weighted by molar-refractivity contribution is 5.82. The van der Waals surface area contributed by atoms with Gasteiger partial charge in [-0.05, 0) is 99.0 Å². The number of carbonyl (C=O) groups excluding carboxylic acids is 1. The van der Waals surface area contributed by atoms with Crippen molar-refractivity contribution in [1.29, 1.82) is 0 Å². The summed E-state index contributed by atoms with van der Waals surface area (Å²) in [6.07, 6.45) is -10.4. The Labute approximate surface area is 293 Å². The van der Waals surface area contributed by atoms with E-state index < -0.39 is 93.9 Å². The van der Waals surface area contributed by atoms with Crippen molar-refractivity contribution < 1.29 is 54.2 Å². The van der Waals surface area contributed by atoms with E-state index in [1.165, 1.54) is 20.8 Å². The molecule has 1 aromatic heterocycles. The molecule has 1 fully saturated rings. The summed E-state index contributed by atoms with van der Waals surface area (Å²) in [6, 6.07) is -2.52. The number of nitrogens with zero attached hydrogens (tertiary/aromatic N) is 2. The second kappa shape index (κ2) is 15.3. The first kappa shape index (κ1) is 40.4. The van der Waals surface area contributed by atoms with Crippen LogP contribution in [-0.2, 0) is 28.4 Å². The number of nitrogens with one attached hydrogen (secondary N) is 1. The number of aromatic nitrogens is 1. The van der Waals surface area contributed by atoms with Crippen molar-refractivity contribution in [1.82, 2.24) is 14.8 Å². The lowest BCUT2D eigenvalue weighted by Crippen LogP contribution is -2.41. The number of aliphatic carboxylic acids is 1. The molecule has 0 unspecified atom stereocenters. The first-order chi connectivity index (χ1) is 24.0. The van der Waals surface area contributed by atoms with Gasteiger partial charge in [-0.25, -0.2) is 13.2 Å². The molecule has 1 saturated heterocycles. The summed E-state index contributed by atoms with van der Waals surface area (Å²) in [4.78, 5) is 41.0. The first-order valence-corrected chi connectivity index (χ1v) is 16.4. The number of likely N-dealkylation sites (tertiary alicyclic amines) is 1.